The van der Waals surface area contributed by atoms with Gasteiger partial charge in [0, 0.05) is 18.2 Å². The molecule has 0 aliphatic heterocycles. The van der Waals surface area contributed by atoms with Crippen molar-refractivity contribution in [3.8, 4) is 6.07 Å². The molecule has 0 spiro atoms. The van der Waals surface area contributed by atoms with Crippen LogP contribution in [0, 0.1) is 18.3 Å². The highest BCUT2D eigenvalue weighted by molar-refractivity contribution is 6.01. The number of Topliss-reactive ketones (excluding diaryl/α,β-unsaturated/α-hetero) is 1. The monoisotopic (exact) mass is 248 g/mol. The number of aromatic amines is 1. The van der Waals surface area contributed by atoms with Gasteiger partial charge in [0.05, 0.1) is 0 Å². The van der Waals surface area contributed by atoms with E-state index in [1.54, 1.807) is 6.07 Å². The summed E-state index contributed by atoms with van der Waals surface area (Å²) in [7, 11) is 0. The third-order valence-corrected chi connectivity index (χ3v) is 2.34. The van der Waals surface area contributed by atoms with Gasteiger partial charge in [-0.15, -0.1) is 0 Å². The lowest BCUT2D eigenvalue weighted by molar-refractivity contribution is -0.143. The van der Waals surface area contributed by atoms with E-state index in [1.165, 1.54) is 26.8 Å². The molecule has 0 aliphatic rings. The average molecular weight is 248 g/mol. The van der Waals surface area contributed by atoms with Gasteiger partial charge in [-0.3, -0.25) is 14.4 Å². The second kappa shape index (κ2) is 5.27. The smallest absolute Gasteiger partial charge is 0.303 e. The Bertz CT molecular complexity index is 595. The number of nitrogens with one attached hydrogen (secondary N) is 1. The van der Waals surface area contributed by atoms with Crippen LogP contribution in [0.5, 0.6) is 0 Å². The Hall–Kier alpha value is -2.42. The van der Waals surface area contributed by atoms with Crippen LogP contribution < -0.4 is 5.56 Å². The van der Waals surface area contributed by atoms with E-state index in [-0.39, 0.29) is 11.1 Å². The Morgan fingerprint density at radius 2 is 2.11 bits per heavy atom. The topological polar surface area (TPSA) is 100 Å². The minimum absolute atomic E-state index is 0.154. The zero-order chi connectivity index (χ0) is 13.9. The maximum atomic E-state index is 12.0. The van der Waals surface area contributed by atoms with Gasteiger partial charge in [-0.05, 0) is 19.9 Å². The summed E-state index contributed by atoms with van der Waals surface area (Å²) in [6, 6.07) is 2.90. The van der Waals surface area contributed by atoms with Gasteiger partial charge in [-0.1, -0.05) is 0 Å². The summed E-state index contributed by atoms with van der Waals surface area (Å²) >= 11 is 0. The fraction of sp³-hybridized carbons (Fsp3) is 0.333. The van der Waals surface area contributed by atoms with Crippen LogP contribution in [0.1, 0.15) is 35.5 Å². The summed E-state index contributed by atoms with van der Waals surface area (Å²) in [6.07, 6.45) is -0.960. The van der Waals surface area contributed by atoms with Crippen molar-refractivity contribution in [3.63, 3.8) is 0 Å². The van der Waals surface area contributed by atoms with Crippen LogP contribution in [0.15, 0.2) is 10.9 Å². The van der Waals surface area contributed by atoms with Crippen LogP contribution in [0.2, 0.25) is 0 Å². The quantitative estimate of drug-likeness (QED) is 0.626. The molecule has 94 valence electrons. The van der Waals surface area contributed by atoms with E-state index in [9.17, 15) is 14.4 Å². The van der Waals surface area contributed by atoms with E-state index in [0.29, 0.717) is 5.69 Å². The molecule has 0 saturated heterocycles. The lowest BCUT2D eigenvalue weighted by atomic mass is 10.0. The number of ketones is 1. The fourth-order valence-corrected chi connectivity index (χ4v) is 1.48. The highest BCUT2D eigenvalue weighted by Crippen LogP contribution is 2.10. The molecular weight excluding hydrogens is 236 g/mol. The molecule has 1 rings (SSSR count). The van der Waals surface area contributed by atoms with Crippen molar-refractivity contribution in [1.29, 1.82) is 5.26 Å². The van der Waals surface area contributed by atoms with Crippen LogP contribution in [0.25, 0.3) is 0 Å². The summed E-state index contributed by atoms with van der Waals surface area (Å²) in [5.74, 6) is -1.03. The van der Waals surface area contributed by atoms with Crippen molar-refractivity contribution < 1.29 is 14.3 Å². The van der Waals surface area contributed by atoms with Gasteiger partial charge in [-0.25, -0.2) is 0 Å². The van der Waals surface area contributed by atoms with Crippen molar-refractivity contribution >= 4 is 11.8 Å². The summed E-state index contributed by atoms with van der Waals surface area (Å²) in [5, 5.41) is 8.73. The van der Waals surface area contributed by atoms with Crippen molar-refractivity contribution in [2.75, 3.05) is 0 Å². The lowest BCUT2D eigenvalue weighted by Gasteiger charge is -2.12. The van der Waals surface area contributed by atoms with Crippen LogP contribution in [-0.4, -0.2) is 22.8 Å². The second-order valence-corrected chi connectivity index (χ2v) is 3.78. The predicted molar refractivity (Wildman–Crippen MR) is 62.1 cm³/mol. The maximum absolute atomic E-state index is 12.0. The number of hydrogen-bond acceptors (Lipinski definition) is 5. The fourth-order valence-electron chi connectivity index (χ4n) is 1.48. The molecule has 1 aromatic heterocycles. The van der Waals surface area contributed by atoms with Crippen molar-refractivity contribution in [2.45, 2.75) is 26.9 Å². The van der Waals surface area contributed by atoms with Gasteiger partial charge < -0.3 is 9.72 Å². The van der Waals surface area contributed by atoms with Gasteiger partial charge in [-0.2, -0.15) is 5.26 Å². The molecule has 1 N–H and O–H groups in total. The van der Waals surface area contributed by atoms with Crippen LogP contribution >= 0.6 is 0 Å². The first-order valence-electron chi connectivity index (χ1n) is 5.22. The third-order valence-electron chi connectivity index (χ3n) is 2.34. The summed E-state index contributed by atoms with van der Waals surface area (Å²) in [5.41, 5.74) is -0.200. The molecule has 0 aromatic carbocycles. The number of esters is 1. The molecule has 18 heavy (non-hydrogen) atoms. The van der Waals surface area contributed by atoms with E-state index >= 15 is 0 Å². The first-order chi connectivity index (χ1) is 8.36. The number of rotatable bonds is 3. The number of H-pyrrole nitrogens is 1. The number of nitrogens with zero attached hydrogens (tertiary/aromatic N) is 1. The molecule has 0 amide bonds. The number of aryl methyl sites for hydroxylation is 1. The molecule has 1 atom stereocenters. The molecular formula is C12H12N2O4. The molecule has 0 saturated carbocycles. The van der Waals surface area contributed by atoms with E-state index < -0.39 is 23.4 Å². The van der Waals surface area contributed by atoms with Gasteiger partial charge in [0.2, 0.25) is 5.78 Å². The number of hydrogen-bond donors (Lipinski definition) is 1. The van der Waals surface area contributed by atoms with Crippen LogP contribution in [0.4, 0.5) is 0 Å². The third kappa shape index (κ3) is 2.83. The van der Waals surface area contributed by atoms with E-state index in [1.807, 2.05) is 0 Å². The highest BCUT2D eigenvalue weighted by atomic mass is 16.5. The normalized spacial score (nSPS) is 11.4. The molecule has 6 heteroatoms. The zero-order valence-corrected chi connectivity index (χ0v) is 10.2. The maximum Gasteiger partial charge on any atom is 0.303 e. The van der Waals surface area contributed by atoms with Crippen molar-refractivity contribution in [1.82, 2.24) is 4.98 Å². The van der Waals surface area contributed by atoms with Gasteiger partial charge in [0.25, 0.3) is 5.56 Å². The van der Waals surface area contributed by atoms with E-state index in [2.05, 4.69) is 4.98 Å². The average Bonchev–Trinajstić information content (AvgIpc) is 2.27. The van der Waals surface area contributed by atoms with E-state index in [0.717, 1.165) is 0 Å². The largest absolute Gasteiger partial charge is 0.454 e. The first-order valence-corrected chi connectivity index (χ1v) is 5.22. The molecule has 0 bridgehead atoms. The van der Waals surface area contributed by atoms with Crippen LogP contribution in [0.3, 0.4) is 0 Å². The molecule has 1 heterocycles. The zero-order valence-electron chi connectivity index (χ0n) is 10.2. The van der Waals surface area contributed by atoms with Gasteiger partial charge in [0.15, 0.2) is 6.10 Å². The summed E-state index contributed by atoms with van der Waals surface area (Å²) < 4.78 is 4.76. The Morgan fingerprint density at radius 3 is 2.61 bits per heavy atom. The van der Waals surface area contributed by atoms with Crippen LogP contribution in [-0.2, 0) is 9.53 Å². The summed E-state index contributed by atoms with van der Waals surface area (Å²) in [6.45, 7) is 4.17. The van der Waals surface area contributed by atoms with Gasteiger partial charge >= 0.3 is 5.97 Å². The Balaban J connectivity index is 3.18. The lowest BCUT2D eigenvalue weighted by Crippen LogP contribution is -2.26. The minimum atomic E-state index is -0.960. The molecule has 1 aromatic rings. The number of carbonyl (C=O) groups excluding carboxylic acids is 2. The van der Waals surface area contributed by atoms with E-state index in [4.69, 9.17) is 10.00 Å². The number of carbonyl (C=O) groups is 2. The standard InChI is InChI=1S/C12H12N2O4/c1-6-10(4-9(5-13)12(17)14-6)11(16)7(2)18-8(3)15/h4,7H,1-3H3,(H,14,17). The number of aromatic nitrogens is 1. The number of ether oxygens (including phenoxy) is 1. The van der Waals surface area contributed by atoms with Crippen molar-refractivity contribution in [2.24, 2.45) is 0 Å². The number of pyridine rings is 1. The van der Waals surface area contributed by atoms with Gasteiger partial charge in [0.1, 0.15) is 11.6 Å². The predicted octanol–water partition coefficient (Wildman–Crippen LogP) is 0.689. The second-order valence-electron chi connectivity index (χ2n) is 3.78. The molecule has 0 fully saturated rings. The molecule has 0 aliphatic carbocycles. The SMILES string of the molecule is CC(=O)OC(C)C(=O)c1cc(C#N)c(=O)[nH]c1C. The number of nitriles is 1. The summed E-state index contributed by atoms with van der Waals surface area (Å²) in [4.78, 5) is 36.5. The Morgan fingerprint density at radius 1 is 1.50 bits per heavy atom. The molecule has 6 nitrogen and oxygen atoms in total. The molecule has 1 unspecified atom stereocenters. The van der Waals surface area contributed by atoms with Crippen molar-refractivity contribution in [3.05, 3.63) is 33.2 Å². The Labute approximate surface area is 103 Å². The highest BCUT2D eigenvalue weighted by Gasteiger charge is 2.21. The minimum Gasteiger partial charge on any atom is -0.454 e. The Kier molecular flexibility index (Phi) is 4.00. The molecule has 0 radical (unpaired) electrons. The first kappa shape index (κ1) is 13.6.